The number of anilines is 2. The lowest BCUT2D eigenvalue weighted by molar-refractivity contribution is -0.137. The predicted octanol–water partition coefficient (Wildman–Crippen LogP) is 1.28. The minimum atomic E-state index is -1.17. The summed E-state index contributed by atoms with van der Waals surface area (Å²) in [6.45, 7) is 3.21. The Bertz CT molecular complexity index is 941. The van der Waals surface area contributed by atoms with Crippen LogP contribution in [0.5, 0.6) is 0 Å². The van der Waals surface area contributed by atoms with Crippen LogP contribution in [0.1, 0.15) is 21.5 Å². The molecule has 0 saturated carbocycles. The SMILES string of the molecule is Cc1ccc(NCC(=O)Nc2ccc(C(=O)NCC(=O)NCC(=O)O)cc2)c(C)c1. The second-order valence-electron chi connectivity index (χ2n) is 6.65. The molecule has 0 radical (unpaired) electrons. The van der Waals surface area contributed by atoms with E-state index in [4.69, 9.17) is 5.11 Å². The second kappa shape index (κ2) is 10.6. The van der Waals surface area contributed by atoms with Crippen molar-refractivity contribution < 1.29 is 24.3 Å². The molecule has 0 aliphatic heterocycles. The average Bonchev–Trinajstić information content (AvgIpc) is 2.70. The Morgan fingerprint density at radius 1 is 0.833 bits per heavy atom. The maximum atomic E-state index is 12.1. The molecule has 0 saturated heterocycles. The molecule has 30 heavy (non-hydrogen) atoms. The highest BCUT2D eigenvalue weighted by Gasteiger charge is 2.10. The minimum Gasteiger partial charge on any atom is -0.480 e. The number of nitrogens with one attached hydrogen (secondary N) is 4. The largest absolute Gasteiger partial charge is 0.480 e. The van der Waals surface area contributed by atoms with Crippen LogP contribution in [0.2, 0.25) is 0 Å². The van der Waals surface area contributed by atoms with Crippen molar-refractivity contribution in [2.24, 2.45) is 0 Å². The van der Waals surface area contributed by atoms with Gasteiger partial charge in [0.25, 0.3) is 5.91 Å². The molecular weight excluding hydrogens is 388 g/mol. The van der Waals surface area contributed by atoms with Crippen molar-refractivity contribution >= 4 is 35.1 Å². The molecule has 9 heteroatoms. The Kier molecular flexibility index (Phi) is 7.92. The van der Waals surface area contributed by atoms with Crippen LogP contribution in [0, 0.1) is 13.8 Å². The number of hydrogen-bond acceptors (Lipinski definition) is 5. The first-order valence-electron chi connectivity index (χ1n) is 9.22. The molecule has 158 valence electrons. The van der Waals surface area contributed by atoms with E-state index >= 15 is 0 Å². The highest BCUT2D eigenvalue weighted by molar-refractivity contribution is 5.98. The summed E-state index contributed by atoms with van der Waals surface area (Å²) < 4.78 is 0. The van der Waals surface area contributed by atoms with Gasteiger partial charge in [-0.2, -0.15) is 0 Å². The van der Waals surface area contributed by atoms with Gasteiger partial charge in [0, 0.05) is 16.9 Å². The third-order valence-corrected chi connectivity index (χ3v) is 4.10. The fraction of sp³-hybridized carbons (Fsp3) is 0.238. The fourth-order valence-electron chi connectivity index (χ4n) is 2.60. The lowest BCUT2D eigenvalue weighted by Crippen LogP contribution is -2.39. The fourth-order valence-corrected chi connectivity index (χ4v) is 2.60. The summed E-state index contributed by atoms with van der Waals surface area (Å²) >= 11 is 0. The second-order valence-corrected chi connectivity index (χ2v) is 6.65. The van der Waals surface area contributed by atoms with E-state index in [2.05, 4.69) is 21.3 Å². The lowest BCUT2D eigenvalue weighted by Gasteiger charge is -2.11. The van der Waals surface area contributed by atoms with E-state index in [0.29, 0.717) is 11.3 Å². The van der Waals surface area contributed by atoms with E-state index < -0.39 is 24.3 Å². The van der Waals surface area contributed by atoms with Gasteiger partial charge in [-0.15, -0.1) is 0 Å². The van der Waals surface area contributed by atoms with Crippen molar-refractivity contribution in [3.05, 3.63) is 59.2 Å². The molecule has 3 amide bonds. The molecule has 5 N–H and O–H groups in total. The van der Waals surface area contributed by atoms with Gasteiger partial charge in [0.05, 0.1) is 13.1 Å². The summed E-state index contributed by atoms with van der Waals surface area (Å²) in [5.74, 6) is -2.50. The molecule has 0 aliphatic rings. The van der Waals surface area contributed by atoms with Crippen LogP contribution in [0.3, 0.4) is 0 Å². The summed E-state index contributed by atoms with van der Waals surface area (Å²) in [7, 11) is 0. The first-order valence-corrected chi connectivity index (χ1v) is 9.22. The van der Waals surface area contributed by atoms with E-state index in [-0.39, 0.29) is 19.0 Å². The molecule has 2 aromatic rings. The van der Waals surface area contributed by atoms with Crippen molar-refractivity contribution in [1.82, 2.24) is 10.6 Å². The molecular formula is C21H24N4O5. The van der Waals surface area contributed by atoms with Gasteiger partial charge in [-0.3, -0.25) is 19.2 Å². The molecule has 0 fully saturated rings. The van der Waals surface area contributed by atoms with Crippen LogP contribution in [-0.4, -0.2) is 48.4 Å². The van der Waals surface area contributed by atoms with Crippen molar-refractivity contribution in [2.75, 3.05) is 30.3 Å². The van der Waals surface area contributed by atoms with Crippen LogP contribution in [-0.2, 0) is 14.4 Å². The van der Waals surface area contributed by atoms with Crippen LogP contribution >= 0.6 is 0 Å². The molecule has 0 spiro atoms. The summed E-state index contributed by atoms with van der Waals surface area (Å²) in [4.78, 5) is 46.0. The van der Waals surface area contributed by atoms with E-state index in [1.807, 2.05) is 32.0 Å². The smallest absolute Gasteiger partial charge is 0.322 e. The van der Waals surface area contributed by atoms with Gasteiger partial charge in [-0.1, -0.05) is 17.7 Å². The zero-order valence-corrected chi connectivity index (χ0v) is 16.7. The number of carboxylic acids is 1. The topological polar surface area (TPSA) is 137 Å². The van der Waals surface area contributed by atoms with E-state index in [0.717, 1.165) is 16.8 Å². The standard InChI is InChI=1S/C21H24N4O5/c1-13-3-8-17(14(2)9-13)22-11-19(27)25-16-6-4-15(5-7-16)21(30)24-10-18(26)23-12-20(28)29/h3-9,22H,10-12H2,1-2H3,(H,23,26)(H,24,30)(H,25,27)(H,28,29). The first kappa shape index (κ1) is 22.4. The van der Waals surface area contributed by atoms with Crippen molar-refractivity contribution in [3.63, 3.8) is 0 Å². The average molecular weight is 412 g/mol. The van der Waals surface area contributed by atoms with Crippen molar-refractivity contribution in [1.29, 1.82) is 0 Å². The molecule has 0 heterocycles. The summed E-state index contributed by atoms with van der Waals surface area (Å²) in [5.41, 5.74) is 3.91. The summed E-state index contributed by atoms with van der Waals surface area (Å²) in [6, 6.07) is 12.1. The normalized spacial score (nSPS) is 10.1. The Labute approximate surface area is 173 Å². The predicted molar refractivity (Wildman–Crippen MR) is 112 cm³/mol. The zero-order chi connectivity index (χ0) is 22.1. The Hall–Kier alpha value is -3.88. The molecule has 2 rings (SSSR count). The summed E-state index contributed by atoms with van der Waals surface area (Å²) in [5, 5.41) is 18.8. The quantitative estimate of drug-likeness (QED) is 0.421. The molecule has 0 bridgehead atoms. The van der Waals surface area contributed by atoms with Gasteiger partial charge in [0.2, 0.25) is 11.8 Å². The molecule has 0 aromatic heterocycles. The third-order valence-electron chi connectivity index (χ3n) is 4.10. The van der Waals surface area contributed by atoms with Gasteiger partial charge in [-0.25, -0.2) is 0 Å². The van der Waals surface area contributed by atoms with Gasteiger partial charge in [0.15, 0.2) is 0 Å². The van der Waals surface area contributed by atoms with Gasteiger partial charge < -0.3 is 26.4 Å². The number of aryl methyl sites for hydroxylation is 2. The van der Waals surface area contributed by atoms with Gasteiger partial charge in [0.1, 0.15) is 6.54 Å². The van der Waals surface area contributed by atoms with E-state index in [9.17, 15) is 19.2 Å². The zero-order valence-electron chi connectivity index (χ0n) is 16.7. The number of rotatable bonds is 9. The van der Waals surface area contributed by atoms with Crippen LogP contribution in [0.4, 0.5) is 11.4 Å². The molecule has 0 unspecified atom stereocenters. The monoisotopic (exact) mass is 412 g/mol. The van der Waals surface area contributed by atoms with Gasteiger partial charge >= 0.3 is 5.97 Å². The number of carbonyl (C=O) groups excluding carboxylic acids is 3. The number of carboxylic acid groups (broad SMARTS) is 1. The lowest BCUT2D eigenvalue weighted by atomic mass is 10.1. The summed E-state index contributed by atoms with van der Waals surface area (Å²) in [6.07, 6.45) is 0. The minimum absolute atomic E-state index is 0.0948. The van der Waals surface area contributed by atoms with Crippen LogP contribution in [0.25, 0.3) is 0 Å². The maximum Gasteiger partial charge on any atom is 0.322 e. The van der Waals surface area contributed by atoms with Crippen LogP contribution < -0.4 is 21.3 Å². The van der Waals surface area contributed by atoms with Crippen molar-refractivity contribution in [2.45, 2.75) is 13.8 Å². The number of aliphatic carboxylic acids is 1. The Morgan fingerprint density at radius 3 is 2.17 bits per heavy atom. The third kappa shape index (κ3) is 7.27. The number of benzene rings is 2. The molecule has 2 aromatic carbocycles. The highest BCUT2D eigenvalue weighted by atomic mass is 16.4. The molecule has 0 atom stereocenters. The first-order chi connectivity index (χ1) is 14.2. The highest BCUT2D eigenvalue weighted by Crippen LogP contribution is 2.16. The number of amides is 3. The van der Waals surface area contributed by atoms with E-state index in [1.54, 1.807) is 12.1 Å². The Morgan fingerprint density at radius 2 is 1.53 bits per heavy atom. The number of hydrogen-bond donors (Lipinski definition) is 5. The van der Waals surface area contributed by atoms with Crippen molar-refractivity contribution in [3.8, 4) is 0 Å². The number of carbonyl (C=O) groups is 4. The van der Waals surface area contributed by atoms with Gasteiger partial charge in [-0.05, 0) is 49.7 Å². The van der Waals surface area contributed by atoms with Crippen LogP contribution in [0.15, 0.2) is 42.5 Å². The Balaban J connectivity index is 1.80. The molecule has 9 nitrogen and oxygen atoms in total. The molecule has 0 aliphatic carbocycles. The maximum absolute atomic E-state index is 12.1. The van der Waals surface area contributed by atoms with E-state index in [1.165, 1.54) is 12.1 Å².